The number of ether oxygens (including phenoxy) is 1. The summed E-state index contributed by atoms with van der Waals surface area (Å²) in [5.41, 5.74) is 1.25. The average molecular weight is 340 g/mol. The van der Waals surface area contributed by atoms with Gasteiger partial charge in [-0.15, -0.1) is 0 Å². The topological polar surface area (TPSA) is 58.6 Å². The number of nitrogens with zero attached hydrogens (tertiary/aromatic N) is 1. The molecule has 2 aromatic rings. The second kappa shape index (κ2) is 7.83. The maximum Gasteiger partial charge on any atom is 0.415 e. The smallest absolute Gasteiger partial charge is 0.410 e. The molecule has 5 heteroatoms. The number of hydrogen-bond acceptors (Lipinski definition) is 3. The van der Waals surface area contributed by atoms with Crippen molar-refractivity contribution in [1.29, 1.82) is 0 Å². The zero-order chi connectivity index (χ0) is 18.4. The van der Waals surface area contributed by atoms with E-state index in [9.17, 15) is 9.59 Å². The molecule has 0 saturated carbocycles. The fourth-order valence-electron chi connectivity index (χ4n) is 2.61. The van der Waals surface area contributed by atoms with Crippen molar-refractivity contribution in [2.24, 2.45) is 0 Å². The number of rotatable bonds is 5. The zero-order valence-electron chi connectivity index (χ0n) is 15.1. The first-order chi connectivity index (χ1) is 11.9. The number of carbonyl (C=O) groups is 2. The molecule has 25 heavy (non-hydrogen) atoms. The molecule has 0 aliphatic rings. The van der Waals surface area contributed by atoms with E-state index in [0.29, 0.717) is 11.4 Å². The molecule has 2 rings (SSSR count). The van der Waals surface area contributed by atoms with Crippen LogP contribution in [0, 0.1) is 0 Å². The molecule has 132 valence electrons. The van der Waals surface area contributed by atoms with Crippen molar-refractivity contribution < 1.29 is 14.3 Å². The van der Waals surface area contributed by atoms with E-state index < -0.39 is 11.6 Å². The number of carbonyl (C=O) groups excluding carboxylic acids is 2. The molecule has 0 radical (unpaired) electrons. The number of anilines is 1. The van der Waals surface area contributed by atoms with Crippen LogP contribution in [0.2, 0.25) is 0 Å². The Morgan fingerprint density at radius 2 is 1.68 bits per heavy atom. The van der Waals surface area contributed by atoms with Gasteiger partial charge in [0.05, 0.1) is 5.54 Å². The Labute approximate surface area is 148 Å². The molecule has 1 unspecified atom stereocenters. The Hall–Kier alpha value is -2.82. The molecule has 0 aliphatic heterocycles. The van der Waals surface area contributed by atoms with Crippen LogP contribution >= 0.6 is 0 Å². The Balaban J connectivity index is 2.12. The van der Waals surface area contributed by atoms with Gasteiger partial charge in [-0.05, 0) is 43.2 Å². The highest BCUT2D eigenvalue weighted by Crippen LogP contribution is 2.31. The first kappa shape index (κ1) is 18.5. The third-order valence-electron chi connectivity index (χ3n) is 4.48. The van der Waals surface area contributed by atoms with Crippen LogP contribution in [0.4, 0.5) is 10.5 Å². The quantitative estimate of drug-likeness (QED) is 0.877. The van der Waals surface area contributed by atoms with Crippen molar-refractivity contribution in [3.63, 3.8) is 0 Å². The van der Waals surface area contributed by atoms with E-state index in [4.69, 9.17) is 4.74 Å². The number of nitrogens with one attached hydrogen (secondary N) is 1. The van der Waals surface area contributed by atoms with Gasteiger partial charge < -0.3 is 15.0 Å². The Morgan fingerprint density at radius 3 is 2.20 bits per heavy atom. The van der Waals surface area contributed by atoms with Gasteiger partial charge in [0.2, 0.25) is 5.91 Å². The molecule has 0 heterocycles. The summed E-state index contributed by atoms with van der Waals surface area (Å²) in [4.78, 5) is 25.2. The Kier molecular flexibility index (Phi) is 5.80. The predicted octanol–water partition coefficient (Wildman–Crippen LogP) is 4.40. The summed E-state index contributed by atoms with van der Waals surface area (Å²) >= 11 is 0. The highest BCUT2D eigenvalue weighted by Gasteiger charge is 2.33. The van der Waals surface area contributed by atoms with E-state index in [1.807, 2.05) is 44.2 Å². The molecule has 0 bridgehead atoms. The number of benzene rings is 2. The average Bonchev–Trinajstić information content (AvgIpc) is 2.62. The van der Waals surface area contributed by atoms with Crippen molar-refractivity contribution in [1.82, 2.24) is 4.90 Å². The molecular formula is C20H24N2O3. The molecule has 1 N–H and O–H groups in total. The van der Waals surface area contributed by atoms with Gasteiger partial charge in [-0.1, -0.05) is 37.3 Å². The summed E-state index contributed by atoms with van der Waals surface area (Å²) in [5.74, 6) is 0.281. The lowest BCUT2D eigenvalue weighted by atomic mass is 9.88. The second-order valence-electron chi connectivity index (χ2n) is 6.13. The minimum absolute atomic E-state index is 0.147. The van der Waals surface area contributed by atoms with Crippen LogP contribution in [0.25, 0.3) is 0 Å². The minimum Gasteiger partial charge on any atom is -0.410 e. The number of amides is 2. The van der Waals surface area contributed by atoms with Crippen LogP contribution in [0.15, 0.2) is 54.6 Å². The number of hydrogen-bond donors (Lipinski definition) is 1. The summed E-state index contributed by atoms with van der Waals surface area (Å²) < 4.78 is 5.48. The van der Waals surface area contributed by atoms with E-state index in [1.54, 1.807) is 36.2 Å². The maximum atomic E-state index is 12.6. The second-order valence-corrected chi connectivity index (χ2v) is 6.13. The first-order valence-corrected chi connectivity index (χ1v) is 8.25. The van der Waals surface area contributed by atoms with Crippen molar-refractivity contribution in [2.45, 2.75) is 32.7 Å². The first-order valence-electron chi connectivity index (χ1n) is 8.25. The lowest BCUT2D eigenvalue weighted by molar-refractivity contribution is -0.114. The molecule has 5 nitrogen and oxygen atoms in total. The molecule has 0 aromatic heterocycles. The van der Waals surface area contributed by atoms with Gasteiger partial charge in [0.15, 0.2) is 0 Å². The van der Waals surface area contributed by atoms with Crippen molar-refractivity contribution in [3.05, 3.63) is 60.2 Å². The van der Waals surface area contributed by atoms with E-state index in [2.05, 4.69) is 5.32 Å². The summed E-state index contributed by atoms with van der Waals surface area (Å²) in [5, 5.41) is 2.67. The molecule has 0 saturated heterocycles. The Bertz CT molecular complexity index is 728. The molecular weight excluding hydrogens is 316 g/mol. The van der Waals surface area contributed by atoms with Crippen LogP contribution in [-0.4, -0.2) is 23.9 Å². The van der Waals surface area contributed by atoms with Gasteiger partial charge in [0.1, 0.15) is 5.75 Å². The lowest BCUT2D eigenvalue weighted by Crippen LogP contribution is -2.45. The van der Waals surface area contributed by atoms with E-state index >= 15 is 0 Å². The van der Waals surface area contributed by atoms with Crippen molar-refractivity contribution in [2.75, 3.05) is 12.4 Å². The van der Waals surface area contributed by atoms with Crippen molar-refractivity contribution in [3.8, 4) is 5.75 Å². The molecule has 0 aliphatic carbocycles. The fourth-order valence-corrected chi connectivity index (χ4v) is 2.61. The molecule has 2 aromatic carbocycles. The van der Waals surface area contributed by atoms with E-state index in [0.717, 1.165) is 12.0 Å². The maximum absolute atomic E-state index is 12.6. The van der Waals surface area contributed by atoms with Crippen molar-refractivity contribution >= 4 is 17.7 Å². The van der Waals surface area contributed by atoms with Gasteiger partial charge >= 0.3 is 6.09 Å². The van der Waals surface area contributed by atoms with Crippen LogP contribution in [0.5, 0.6) is 5.75 Å². The standard InChI is InChI=1S/C20H24N2O3/c1-5-20(3,16-9-7-6-8-10-16)22(4)19(24)25-18-13-11-17(12-14-18)21-15(2)23/h6-14H,5H2,1-4H3,(H,21,23). The monoisotopic (exact) mass is 340 g/mol. The normalized spacial score (nSPS) is 12.8. The molecule has 0 fully saturated rings. The fraction of sp³-hybridized carbons (Fsp3) is 0.300. The summed E-state index contributed by atoms with van der Waals surface area (Å²) in [6.07, 6.45) is 0.324. The van der Waals surface area contributed by atoms with Gasteiger partial charge in [-0.3, -0.25) is 4.79 Å². The molecule has 2 amide bonds. The molecule has 1 atom stereocenters. The van der Waals surface area contributed by atoms with Crippen LogP contribution in [0.1, 0.15) is 32.8 Å². The predicted molar refractivity (Wildman–Crippen MR) is 98.6 cm³/mol. The highest BCUT2D eigenvalue weighted by atomic mass is 16.6. The van der Waals surface area contributed by atoms with Crippen LogP contribution < -0.4 is 10.1 Å². The summed E-state index contributed by atoms with van der Waals surface area (Å²) in [6, 6.07) is 16.6. The largest absolute Gasteiger partial charge is 0.415 e. The van der Waals surface area contributed by atoms with Gasteiger partial charge in [-0.2, -0.15) is 0 Å². The lowest BCUT2D eigenvalue weighted by Gasteiger charge is -2.38. The van der Waals surface area contributed by atoms with E-state index in [1.165, 1.54) is 6.92 Å². The third-order valence-corrected chi connectivity index (χ3v) is 4.48. The van der Waals surface area contributed by atoms with Crippen LogP contribution in [0.3, 0.4) is 0 Å². The minimum atomic E-state index is -0.464. The van der Waals surface area contributed by atoms with Crippen LogP contribution in [-0.2, 0) is 10.3 Å². The molecule has 0 spiro atoms. The summed E-state index contributed by atoms with van der Waals surface area (Å²) in [6.45, 7) is 5.50. The van der Waals surface area contributed by atoms with Gasteiger partial charge in [0.25, 0.3) is 0 Å². The SMILES string of the molecule is CCC(C)(c1ccccc1)N(C)C(=O)Oc1ccc(NC(C)=O)cc1. The zero-order valence-corrected chi connectivity index (χ0v) is 15.1. The third kappa shape index (κ3) is 4.38. The van der Waals surface area contributed by atoms with Gasteiger partial charge in [0, 0.05) is 19.7 Å². The van der Waals surface area contributed by atoms with E-state index in [-0.39, 0.29) is 5.91 Å². The highest BCUT2D eigenvalue weighted by molar-refractivity contribution is 5.88. The summed E-state index contributed by atoms with van der Waals surface area (Å²) in [7, 11) is 1.74. The van der Waals surface area contributed by atoms with Gasteiger partial charge in [-0.25, -0.2) is 4.79 Å². The Morgan fingerprint density at radius 1 is 1.08 bits per heavy atom.